The van der Waals surface area contributed by atoms with Gasteiger partial charge < -0.3 is 5.32 Å². The predicted octanol–water partition coefficient (Wildman–Crippen LogP) is 5.03. The van der Waals surface area contributed by atoms with Crippen molar-refractivity contribution in [3.05, 3.63) is 59.5 Å². The van der Waals surface area contributed by atoms with Gasteiger partial charge in [-0.15, -0.1) is 11.3 Å². The van der Waals surface area contributed by atoms with Crippen LogP contribution in [0, 0.1) is 13.8 Å². The Labute approximate surface area is 144 Å². The molecule has 0 fully saturated rings. The summed E-state index contributed by atoms with van der Waals surface area (Å²) in [6.45, 7) is 6.29. The summed E-state index contributed by atoms with van der Waals surface area (Å²) in [6.07, 6.45) is 1.63. The SMILES string of the molecule is Cc1cc(C)c2c(n1)sc1c(N[C@H](C)c3ccccc3)ncnc12. The van der Waals surface area contributed by atoms with Crippen molar-refractivity contribution in [2.45, 2.75) is 26.8 Å². The van der Waals surface area contributed by atoms with E-state index in [0.717, 1.165) is 31.9 Å². The second-order valence-electron chi connectivity index (χ2n) is 6.04. The van der Waals surface area contributed by atoms with Gasteiger partial charge in [-0.05, 0) is 38.0 Å². The zero-order chi connectivity index (χ0) is 16.7. The van der Waals surface area contributed by atoms with E-state index >= 15 is 0 Å². The van der Waals surface area contributed by atoms with Crippen LogP contribution < -0.4 is 5.32 Å². The first kappa shape index (κ1) is 15.0. The van der Waals surface area contributed by atoms with Crippen LogP contribution in [0.25, 0.3) is 20.4 Å². The maximum absolute atomic E-state index is 4.68. The predicted molar refractivity (Wildman–Crippen MR) is 101 cm³/mol. The fourth-order valence-corrected chi connectivity index (χ4v) is 4.24. The number of hydrogen-bond donors (Lipinski definition) is 1. The molecule has 0 aliphatic carbocycles. The van der Waals surface area contributed by atoms with Crippen molar-refractivity contribution in [2.75, 3.05) is 5.32 Å². The van der Waals surface area contributed by atoms with Crippen LogP contribution in [-0.4, -0.2) is 15.0 Å². The minimum atomic E-state index is 0.172. The molecule has 3 aromatic heterocycles. The Morgan fingerprint density at radius 3 is 2.67 bits per heavy atom. The first-order chi connectivity index (χ1) is 11.6. The molecule has 0 aliphatic rings. The smallest absolute Gasteiger partial charge is 0.148 e. The van der Waals surface area contributed by atoms with E-state index in [1.807, 2.05) is 13.0 Å². The van der Waals surface area contributed by atoms with Gasteiger partial charge >= 0.3 is 0 Å². The highest BCUT2D eigenvalue weighted by Gasteiger charge is 2.16. The standard InChI is InChI=1S/C19H18N4S/c1-11-9-12(2)22-19-15(11)16-17(24-19)18(21-10-20-16)23-13(3)14-7-5-4-6-8-14/h4-10,13H,1-3H3,(H,20,21,23)/t13-/m1/s1. The lowest BCUT2D eigenvalue weighted by molar-refractivity contribution is 0.876. The zero-order valence-electron chi connectivity index (χ0n) is 13.9. The van der Waals surface area contributed by atoms with Gasteiger partial charge in [-0.1, -0.05) is 30.3 Å². The highest BCUT2D eigenvalue weighted by atomic mass is 32.1. The van der Waals surface area contributed by atoms with Crippen molar-refractivity contribution >= 4 is 37.6 Å². The number of fused-ring (bicyclic) bond motifs is 3. The maximum atomic E-state index is 4.68. The van der Waals surface area contributed by atoms with E-state index in [1.165, 1.54) is 11.1 Å². The van der Waals surface area contributed by atoms with Crippen LogP contribution >= 0.6 is 11.3 Å². The Kier molecular flexibility index (Phi) is 3.65. The Bertz CT molecular complexity index is 1020. The normalized spacial score (nSPS) is 12.6. The van der Waals surface area contributed by atoms with Gasteiger partial charge in [-0.3, -0.25) is 0 Å². The Balaban J connectivity index is 1.83. The van der Waals surface area contributed by atoms with E-state index in [-0.39, 0.29) is 6.04 Å². The molecule has 120 valence electrons. The Hall–Kier alpha value is -2.53. The zero-order valence-corrected chi connectivity index (χ0v) is 14.7. The molecule has 1 N–H and O–H groups in total. The van der Waals surface area contributed by atoms with E-state index in [9.17, 15) is 0 Å². The fraction of sp³-hybridized carbons (Fsp3) is 0.211. The minimum absolute atomic E-state index is 0.172. The topological polar surface area (TPSA) is 50.7 Å². The lowest BCUT2D eigenvalue weighted by atomic mass is 10.1. The molecule has 0 aliphatic heterocycles. The first-order valence-corrected chi connectivity index (χ1v) is 8.78. The van der Waals surface area contributed by atoms with Crippen molar-refractivity contribution in [1.82, 2.24) is 15.0 Å². The molecule has 0 unspecified atom stereocenters. The molecule has 0 amide bonds. The molecule has 0 spiro atoms. The summed E-state index contributed by atoms with van der Waals surface area (Å²) in [6, 6.07) is 12.7. The lowest BCUT2D eigenvalue weighted by Gasteiger charge is -2.15. The number of benzene rings is 1. The molecule has 4 nitrogen and oxygen atoms in total. The average molecular weight is 334 g/mol. The molecular weight excluding hydrogens is 316 g/mol. The van der Waals surface area contributed by atoms with Crippen molar-refractivity contribution < 1.29 is 0 Å². The van der Waals surface area contributed by atoms with Crippen LogP contribution in [0.5, 0.6) is 0 Å². The monoisotopic (exact) mass is 334 g/mol. The number of rotatable bonds is 3. The number of hydrogen-bond acceptors (Lipinski definition) is 5. The van der Waals surface area contributed by atoms with E-state index < -0.39 is 0 Å². The van der Waals surface area contributed by atoms with Crippen molar-refractivity contribution in [2.24, 2.45) is 0 Å². The van der Waals surface area contributed by atoms with Crippen LogP contribution in [0.15, 0.2) is 42.7 Å². The first-order valence-electron chi connectivity index (χ1n) is 7.96. The van der Waals surface area contributed by atoms with Gasteiger partial charge in [0.25, 0.3) is 0 Å². The molecule has 4 aromatic rings. The summed E-state index contributed by atoms with van der Waals surface area (Å²) in [7, 11) is 0. The quantitative estimate of drug-likeness (QED) is 0.571. The van der Waals surface area contributed by atoms with Crippen LogP contribution in [0.3, 0.4) is 0 Å². The number of aromatic nitrogens is 3. The van der Waals surface area contributed by atoms with Crippen molar-refractivity contribution in [3.8, 4) is 0 Å². The van der Waals surface area contributed by atoms with E-state index in [1.54, 1.807) is 17.7 Å². The average Bonchev–Trinajstić information content (AvgIpc) is 2.95. The van der Waals surface area contributed by atoms with Crippen molar-refractivity contribution in [3.63, 3.8) is 0 Å². The summed E-state index contributed by atoms with van der Waals surface area (Å²) in [5, 5.41) is 4.67. The molecule has 4 rings (SSSR count). The maximum Gasteiger partial charge on any atom is 0.148 e. The second kappa shape index (κ2) is 5.83. The third-order valence-corrected chi connectivity index (χ3v) is 5.28. The summed E-state index contributed by atoms with van der Waals surface area (Å²) < 4.78 is 1.07. The summed E-state index contributed by atoms with van der Waals surface area (Å²) in [5.74, 6) is 0.872. The molecule has 0 saturated heterocycles. The van der Waals surface area contributed by atoms with Gasteiger partial charge in [0.1, 0.15) is 17.0 Å². The number of anilines is 1. The Morgan fingerprint density at radius 1 is 1.08 bits per heavy atom. The third-order valence-electron chi connectivity index (χ3n) is 4.20. The molecule has 24 heavy (non-hydrogen) atoms. The molecule has 0 bridgehead atoms. The van der Waals surface area contributed by atoms with Gasteiger partial charge in [0.2, 0.25) is 0 Å². The summed E-state index contributed by atoms with van der Waals surface area (Å²) in [4.78, 5) is 14.7. The molecule has 5 heteroatoms. The molecular formula is C19H18N4S. The van der Waals surface area contributed by atoms with Gasteiger partial charge in [-0.2, -0.15) is 0 Å². The van der Waals surface area contributed by atoms with Crippen molar-refractivity contribution in [1.29, 1.82) is 0 Å². The highest BCUT2D eigenvalue weighted by Crippen LogP contribution is 2.37. The van der Waals surface area contributed by atoms with Crippen LogP contribution in [-0.2, 0) is 0 Å². The Morgan fingerprint density at radius 2 is 1.88 bits per heavy atom. The molecule has 3 heterocycles. The van der Waals surface area contributed by atoms with E-state index in [4.69, 9.17) is 0 Å². The molecule has 1 atom stereocenters. The number of aryl methyl sites for hydroxylation is 2. The van der Waals surface area contributed by atoms with Gasteiger partial charge in [0, 0.05) is 17.1 Å². The molecule has 0 saturated carbocycles. The van der Waals surface area contributed by atoms with Crippen LogP contribution in [0.1, 0.15) is 29.8 Å². The summed E-state index contributed by atoms with van der Waals surface area (Å²) >= 11 is 1.66. The third kappa shape index (κ3) is 2.51. The van der Waals surface area contributed by atoms with E-state index in [0.29, 0.717) is 0 Å². The minimum Gasteiger partial charge on any atom is -0.362 e. The molecule has 0 radical (unpaired) electrons. The number of pyridine rings is 1. The highest BCUT2D eigenvalue weighted by molar-refractivity contribution is 7.26. The van der Waals surface area contributed by atoms with Gasteiger partial charge in [-0.25, -0.2) is 15.0 Å². The second-order valence-corrected chi connectivity index (χ2v) is 7.04. The largest absolute Gasteiger partial charge is 0.362 e. The fourth-order valence-electron chi connectivity index (χ4n) is 3.04. The van der Waals surface area contributed by atoms with Gasteiger partial charge in [0.05, 0.1) is 10.2 Å². The van der Waals surface area contributed by atoms with Crippen LogP contribution in [0.4, 0.5) is 5.82 Å². The number of nitrogens with zero attached hydrogens (tertiary/aromatic N) is 3. The number of nitrogens with one attached hydrogen (secondary N) is 1. The van der Waals surface area contributed by atoms with E-state index in [2.05, 4.69) is 64.4 Å². The van der Waals surface area contributed by atoms with Crippen LogP contribution in [0.2, 0.25) is 0 Å². The lowest BCUT2D eigenvalue weighted by Crippen LogP contribution is -2.07. The number of thiophene rings is 1. The summed E-state index contributed by atoms with van der Waals surface area (Å²) in [5.41, 5.74) is 4.46. The van der Waals surface area contributed by atoms with Gasteiger partial charge in [0.15, 0.2) is 0 Å². The molecule has 1 aromatic carbocycles.